The Kier molecular flexibility index (Phi) is 20.9. The van der Waals surface area contributed by atoms with Crippen molar-refractivity contribution in [2.45, 2.75) is 64.2 Å². The minimum atomic E-state index is -4.21. The molecular formula is C40H54N3Na2O10S2+3. The number of fused-ring (bicyclic) bond motifs is 2. The number of hydrogen-bond acceptors (Lipinski definition) is 9. The van der Waals surface area contributed by atoms with E-state index in [0.717, 1.165) is 33.4 Å². The monoisotopic (exact) mass is 846 g/mol. The van der Waals surface area contributed by atoms with Gasteiger partial charge in [-0.05, 0) is 87.1 Å². The first kappa shape index (κ1) is 50.8. The average Bonchev–Trinajstić information content (AvgIpc) is 3.34. The summed E-state index contributed by atoms with van der Waals surface area (Å²) in [6, 6.07) is 13.3. The van der Waals surface area contributed by atoms with E-state index < -0.39 is 37.1 Å². The van der Waals surface area contributed by atoms with E-state index in [9.17, 15) is 31.0 Å². The molecule has 0 bridgehead atoms. The number of methoxy groups -OCH3 is 1. The van der Waals surface area contributed by atoms with Crippen LogP contribution in [-0.2, 0) is 34.9 Å². The Balaban J connectivity index is 0.00000561. The van der Waals surface area contributed by atoms with Crippen molar-refractivity contribution in [3.05, 3.63) is 88.6 Å². The first-order chi connectivity index (χ1) is 26.1. The van der Waals surface area contributed by atoms with E-state index >= 15 is 0 Å². The normalized spacial score (nSPS) is 16.6. The van der Waals surface area contributed by atoms with E-state index in [-0.39, 0.29) is 83.6 Å². The van der Waals surface area contributed by atoms with Crippen molar-refractivity contribution in [2.24, 2.45) is 0 Å². The molecule has 0 saturated carbocycles. The summed E-state index contributed by atoms with van der Waals surface area (Å²) in [6.07, 6.45) is 11.8. The third-order valence-corrected chi connectivity index (χ3v) is 11.7. The molecule has 0 spiro atoms. The fraction of sp³-hybridized carbons (Fsp3) is 0.475. The van der Waals surface area contributed by atoms with Crippen LogP contribution in [0.15, 0.2) is 71.0 Å². The molecule has 2 heterocycles. The van der Waals surface area contributed by atoms with Gasteiger partial charge in [-0.1, -0.05) is 18.6 Å². The SMILES string of the molecule is CC[N+](CCCS(C)(=O)=O)=c1ccc2c(/C=C/C=C3/N(CCCCCC(=O)O)c4ccc(C(=O)NCCOC)cc4C3(C)CCCS(=O)(=O)O)ccoc-2c1.[Na+].[Na+]. The molecule has 0 radical (unpaired) electrons. The van der Waals surface area contributed by atoms with Crippen molar-refractivity contribution >= 4 is 43.6 Å². The van der Waals surface area contributed by atoms with Gasteiger partial charge < -0.3 is 24.5 Å². The number of benzene rings is 2. The summed E-state index contributed by atoms with van der Waals surface area (Å²) in [6.45, 7) is 6.57. The molecule has 1 amide bonds. The van der Waals surface area contributed by atoms with Crippen LogP contribution in [-0.4, -0.2) is 96.0 Å². The van der Waals surface area contributed by atoms with Crippen molar-refractivity contribution in [3.63, 3.8) is 0 Å². The van der Waals surface area contributed by atoms with E-state index in [1.807, 2.05) is 68.5 Å². The van der Waals surface area contributed by atoms with Crippen molar-refractivity contribution in [2.75, 3.05) is 62.6 Å². The number of nitrogens with one attached hydrogen (secondary N) is 1. The predicted octanol–water partition coefficient (Wildman–Crippen LogP) is -1.02. The molecule has 0 fully saturated rings. The molecule has 1 atom stereocenters. The quantitative estimate of drug-likeness (QED) is 0.0517. The van der Waals surface area contributed by atoms with Crippen LogP contribution in [0.25, 0.3) is 17.4 Å². The molecule has 0 aromatic heterocycles. The van der Waals surface area contributed by atoms with Crippen LogP contribution in [0, 0.1) is 0 Å². The Morgan fingerprint density at radius 2 is 1.75 bits per heavy atom. The van der Waals surface area contributed by atoms with E-state index in [1.54, 1.807) is 19.4 Å². The molecule has 3 N–H and O–H groups in total. The summed E-state index contributed by atoms with van der Waals surface area (Å²) < 4.78 is 69.6. The van der Waals surface area contributed by atoms with E-state index in [2.05, 4.69) is 14.8 Å². The van der Waals surface area contributed by atoms with E-state index in [4.69, 9.17) is 14.3 Å². The maximum Gasteiger partial charge on any atom is 1.00 e. The van der Waals surface area contributed by atoms with Crippen LogP contribution in [0.2, 0.25) is 0 Å². The number of allylic oxidation sites excluding steroid dienone is 3. The predicted molar refractivity (Wildman–Crippen MR) is 215 cm³/mol. The van der Waals surface area contributed by atoms with Gasteiger partial charge in [0.25, 0.3) is 16.0 Å². The molecule has 1 unspecified atom stereocenters. The molecule has 13 nitrogen and oxygen atoms in total. The number of hydrogen-bond donors (Lipinski definition) is 3. The molecule has 17 heteroatoms. The first-order valence-electron chi connectivity index (χ1n) is 18.6. The second-order valence-corrected chi connectivity index (χ2v) is 17.9. The summed E-state index contributed by atoms with van der Waals surface area (Å²) in [7, 11) is -5.72. The average molecular weight is 847 g/mol. The number of nitrogens with zero attached hydrogens (tertiary/aromatic N) is 2. The smallest absolute Gasteiger partial charge is 0.481 e. The second kappa shape index (κ2) is 23.5. The molecular weight excluding hydrogens is 793 g/mol. The van der Waals surface area contributed by atoms with Crippen LogP contribution in [0.5, 0.6) is 0 Å². The van der Waals surface area contributed by atoms with Gasteiger partial charge >= 0.3 is 65.1 Å². The third kappa shape index (κ3) is 15.0. The third-order valence-electron chi connectivity index (χ3n) is 9.88. The number of carboxylic acids is 1. The topological polar surface area (TPSA) is 184 Å². The maximum absolute atomic E-state index is 13.1. The Hall–Kier alpha value is -2.31. The van der Waals surface area contributed by atoms with Gasteiger partial charge in [-0.2, -0.15) is 8.42 Å². The van der Waals surface area contributed by atoms with Gasteiger partial charge in [0, 0.05) is 73.3 Å². The largest absolute Gasteiger partial charge is 1.00 e. The molecule has 0 saturated heterocycles. The standard InChI is InChI=1S/C40H53N3O10S2.2Na/c1-5-42(22-11-26-54(4,47)48)32-16-17-33-30(19-24-53-36(33)29-32)12-9-13-37-40(2,20-10-27-55(49,50)51)34-28-31(39(46)41-21-25-52-3)15-18-35(34)43(37)23-8-6-7-14-38(44)45;;/h9,12-13,15-19,24,28-29H,5-8,10-11,14,20-23,25-27H2,1-4H3,(H2-,41,44,45,46,49,50,51);;/q;2*+1/p+1. The summed E-state index contributed by atoms with van der Waals surface area (Å²) >= 11 is 0. The number of anilines is 1. The molecule has 1 aromatic carbocycles. The number of aliphatic carboxylic acids is 1. The first-order valence-corrected chi connectivity index (χ1v) is 22.3. The zero-order valence-corrected chi connectivity index (χ0v) is 39.8. The van der Waals surface area contributed by atoms with Gasteiger partial charge in [0.1, 0.15) is 28.7 Å². The Bertz CT molecular complexity index is 2150. The molecule has 3 aliphatic rings. The van der Waals surface area contributed by atoms with Gasteiger partial charge in [0.05, 0.1) is 30.4 Å². The number of ether oxygens (including phenoxy) is 1. The van der Waals surface area contributed by atoms with Crippen LogP contribution in [0.3, 0.4) is 0 Å². The van der Waals surface area contributed by atoms with Crippen LogP contribution in [0.4, 0.5) is 5.69 Å². The number of carboxylic acid groups (broad SMARTS) is 1. The maximum atomic E-state index is 13.1. The number of carbonyl (C=O) groups is 2. The molecule has 300 valence electrons. The summed E-state index contributed by atoms with van der Waals surface area (Å²) in [5.74, 6) is -0.744. The van der Waals surface area contributed by atoms with Gasteiger partial charge in [-0.15, -0.1) is 0 Å². The van der Waals surface area contributed by atoms with Gasteiger partial charge in [-0.25, -0.2) is 13.0 Å². The Morgan fingerprint density at radius 1 is 1.00 bits per heavy atom. The molecule has 1 aliphatic carbocycles. The molecule has 1 aromatic rings. The van der Waals surface area contributed by atoms with Crippen LogP contribution in [0.1, 0.15) is 80.3 Å². The minimum Gasteiger partial charge on any atom is -0.481 e. The zero-order chi connectivity index (χ0) is 40.2. The molecule has 4 rings (SSSR count). The van der Waals surface area contributed by atoms with Crippen molar-refractivity contribution < 1.29 is 104 Å². The van der Waals surface area contributed by atoms with Gasteiger partial charge in [0.15, 0.2) is 0 Å². The number of sulfone groups is 1. The molecule has 2 aliphatic heterocycles. The van der Waals surface area contributed by atoms with Crippen molar-refractivity contribution in [1.82, 2.24) is 9.89 Å². The number of carbonyl (C=O) groups excluding carboxylic acids is 1. The van der Waals surface area contributed by atoms with Gasteiger partial charge in [0.2, 0.25) is 5.36 Å². The Labute approximate surface area is 381 Å². The van der Waals surface area contributed by atoms with E-state index in [1.165, 1.54) is 6.26 Å². The number of amides is 1. The fourth-order valence-electron chi connectivity index (χ4n) is 7.09. The zero-order valence-electron chi connectivity index (χ0n) is 34.1. The minimum absolute atomic E-state index is 0. The molecule has 57 heavy (non-hydrogen) atoms. The fourth-order valence-corrected chi connectivity index (χ4v) is 8.25. The van der Waals surface area contributed by atoms with Crippen molar-refractivity contribution in [3.8, 4) is 11.3 Å². The number of unbranched alkanes of at least 4 members (excludes halogenated alkanes) is 2. The number of rotatable bonds is 21. The van der Waals surface area contributed by atoms with Gasteiger partial charge in [-0.3, -0.25) is 14.1 Å². The second-order valence-electron chi connectivity index (χ2n) is 14.1. The van der Waals surface area contributed by atoms with Crippen LogP contribution < -0.4 is 79.3 Å². The van der Waals surface area contributed by atoms with E-state index in [0.29, 0.717) is 76.2 Å². The van der Waals surface area contributed by atoms with Crippen molar-refractivity contribution in [1.29, 1.82) is 0 Å². The summed E-state index contributed by atoms with van der Waals surface area (Å²) in [4.78, 5) is 26.4. The van der Waals surface area contributed by atoms with Crippen LogP contribution >= 0.6 is 0 Å². The Morgan fingerprint density at radius 3 is 2.42 bits per heavy atom. The summed E-state index contributed by atoms with van der Waals surface area (Å²) in [5, 5.41) is 12.9. The summed E-state index contributed by atoms with van der Waals surface area (Å²) in [5.41, 5.74) is 4.06.